The molecule has 0 radical (unpaired) electrons. The summed E-state index contributed by atoms with van der Waals surface area (Å²) >= 11 is 3.64. The lowest BCUT2D eigenvalue weighted by Crippen LogP contribution is -2.22. The average molecular weight is 454 g/mol. The van der Waals surface area contributed by atoms with Gasteiger partial charge < -0.3 is 5.11 Å². The summed E-state index contributed by atoms with van der Waals surface area (Å²) in [6.45, 7) is 1.33. The second kappa shape index (κ2) is 6.88. The van der Waals surface area contributed by atoms with Crippen LogP contribution in [-0.4, -0.2) is 29.2 Å². The van der Waals surface area contributed by atoms with E-state index >= 15 is 0 Å². The highest BCUT2D eigenvalue weighted by Gasteiger charge is 2.23. The topological polar surface area (TPSA) is 77.9 Å². The number of nitrogens with zero attached hydrogens (tertiary/aromatic N) is 5. The van der Waals surface area contributed by atoms with Crippen molar-refractivity contribution in [3.63, 3.8) is 0 Å². The first-order valence-electron chi connectivity index (χ1n) is 9.57. The molecule has 1 aliphatic carbocycles. The van der Waals surface area contributed by atoms with Crippen LogP contribution in [-0.2, 0) is 20.1 Å². The van der Waals surface area contributed by atoms with E-state index < -0.39 is 0 Å². The van der Waals surface area contributed by atoms with E-state index in [1.807, 2.05) is 28.9 Å². The molecule has 0 atom stereocenters. The van der Waals surface area contributed by atoms with Crippen LogP contribution in [0.4, 0.5) is 0 Å². The first-order chi connectivity index (χ1) is 14.0. The molecule has 1 aliphatic rings. The van der Waals surface area contributed by atoms with Crippen molar-refractivity contribution in [2.75, 3.05) is 0 Å². The Kier molecular flexibility index (Phi) is 4.31. The van der Waals surface area contributed by atoms with Gasteiger partial charge in [0.15, 0.2) is 0 Å². The zero-order valence-corrected chi connectivity index (χ0v) is 17.5. The smallest absolute Gasteiger partial charge is 0.331 e. The van der Waals surface area contributed by atoms with Gasteiger partial charge in [0.05, 0.1) is 18.3 Å². The van der Waals surface area contributed by atoms with E-state index in [0.29, 0.717) is 6.54 Å². The van der Waals surface area contributed by atoms with Crippen LogP contribution in [0.5, 0.6) is 5.88 Å². The molecule has 0 aliphatic heterocycles. The zero-order valence-electron chi connectivity index (χ0n) is 15.9. The van der Waals surface area contributed by atoms with Crippen LogP contribution in [0.15, 0.2) is 51.9 Å². The van der Waals surface area contributed by atoms with Crippen molar-refractivity contribution >= 4 is 27.0 Å². The van der Waals surface area contributed by atoms with Crippen LogP contribution in [0.25, 0.3) is 22.2 Å². The molecular formula is C21H20BrN5O2. The number of aromatic hydroxyl groups is 1. The Bertz CT molecular complexity index is 1260. The quantitative estimate of drug-likeness (QED) is 0.501. The van der Waals surface area contributed by atoms with E-state index in [4.69, 9.17) is 0 Å². The second-order valence-corrected chi connectivity index (χ2v) is 8.55. The van der Waals surface area contributed by atoms with Gasteiger partial charge in [-0.15, -0.1) is 5.10 Å². The highest BCUT2D eigenvalue weighted by molar-refractivity contribution is 9.10. The predicted octanol–water partition coefficient (Wildman–Crippen LogP) is 3.52. The van der Waals surface area contributed by atoms with Crippen molar-refractivity contribution in [1.82, 2.24) is 24.1 Å². The van der Waals surface area contributed by atoms with Gasteiger partial charge in [-0.3, -0.25) is 9.13 Å². The minimum absolute atomic E-state index is 0.0406. The standard InChI is InChI=1S/C21H20BrN5O2/c1-25-19(28)12-26(21(25)29)10-13-4-6-15(7-5-13)16-8-17(22)20-18(9-16)27(24-23-20)11-14-2-3-14/h4-9,12,14,28H,2-3,10-11H2,1H3. The lowest BCUT2D eigenvalue weighted by molar-refractivity contribution is 0.429. The maximum Gasteiger partial charge on any atom is 0.331 e. The van der Waals surface area contributed by atoms with Gasteiger partial charge in [0.1, 0.15) is 5.52 Å². The van der Waals surface area contributed by atoms with Crippen LogP contribution in [0.2, 0.25) is 0 Å². The number of fused-ring (bicyclic) bond motifs is 1. The van der Waals surface area contributed by atoms with Gasteiger partial charge >= 0.3 is 5.69 Å². The first kappa shape index (κ1) is 18.2. The number of aromatic nitrogens is 5. The largest absolute Gasteiger partial charge is 0.493 e. The maximum atomic E-state index is 12.1. The Hall–Kier alpha value is -2.87. The second-order valence-electron chi connectivity index (χ2n) is 7.69. The van der Waals surface area contributed by atoms with Gasteiger partial charge in [-0.25, -0.2) is 9.48 Å². The van der Waals surface area contributed by atoms with E-state index in [1.165, 1.54) is 28.2 Å². The third kappa shape index (κ3) is 3.37. The van der Waals surface area contributed by atoms with Crippen molar-refractivity contribution in [1.29, 1.82) is 0 Å². The fourth-order valence-electron chi connectivity index (χ4n) is 3.56. The minimum Gasteiger partial charge on any atom is -0.493 e. The molecule has 29 heavy (non-hydrogen) atoms. The Balaban J connectivity index is 1.45. The third-order valence-electron chi connectivity index (χ3n) is 5.49. The predicted molar refractivity (Wildman–Crippen MR) is 114 cm³/mol. The number of hydrogen-bond donors (Lipinski definition) is 1. The molecule has 2 aromatic carbocycles. The molecule has 0 saturated heterocycles. The fraction of sp³-hybridized carbons (Fsp3) is 0.286. The Morgan fingerprint density at radius 1 is 1.17 bits per heavy atom. The molecular weight excluding hydrogens is 434 g/mol. The van der Waals surface area contributed by atoms with Gasteiger partial charge in [0.25, 0.3) is 0 Å². The number of rotatable bonds is 5. The molecule has 0 spiro atoms. The number of imidazole rings is 1. The zero-order chi connectivity index (χ0) is 20.1. The van der Waals surface area contributed by atoms with Gasteiger partial charge in [-0.2, -0.15) is 0 Å². The molecule has 2 aromatic heterocycles. The molecule has 4 aromatic rings. The number of hydrogen-bond acceptors (Lipinski definition) is 4. The van der Waals surface area contributed by atoms with E-state index in [0.717, 1.165) is 44.7 Å². The minimum atomic E-state index is -0.239. The highest BCUT2D eigenvalue weighted by atomic mass is 79.9. The SMILES string of the molecule is Cn1c(O)cn(Cc2ccc(-c3cc(Br)c4nnn(CC5CC5)c4c3)cc2)c1=O. The summed E-state index contributed by atoms with van der Waals surface area (Å²) in [7, 11) is 1.55. The molecule has 0 amide bonds. The molecule has 1 fully saturated rings. The van der Waals surface area contributed by atoms with Crippen LogP contribution in [0, 0.1) is 5.92 Å². The first-order valence-corrected chi connectivity index (χ1v) is 10.4. The summed E-state index contributed by atoms with van der Waals surface area (Å²) in [6.07, 6.45) is 3.99. The van der Waals surface area contributed by atoms with Crippen LogP contribution in [0.1, 0.15) is 18.4 Å². The molecule has 2 heterocycles. The summed E-state index contributed by atoms with van der Waals surface area (Å²) in [6, 6.07) is 12.3. The van der Waals surface area contributed by atoms with Crippen LogP contribution >= 0.6 is 15.9 Å². The maximum absolute atomic E-state index is 12.1. The lowest BCUT2D eigenvalue weighted by atomic mass is 10.0. The van der Waals surface area contributed by atoms with Crippen molar-refractivity contribution in [3.8, 4) is 17.0 Å². The molecule has 148 valence electrons. The van der Waals surface area contributed by atoms with E-state index in [9.17, 15) is 9.90 Å². The number of benzene rings is 2. The summed E-state index contributed by atoms with van der Waals surface area (Å²) in [5, 5.41) is 18.3. The van der Waals surface area contributed by atoms with Gasteiger partial charge in [0, 0.05) is 18.1 Å². The highest BCUT2D eigenvalue weighted by Crippen LogP contribution is 2.34. The van der Waals surface area contributed by atoms with Crippen molar-refractivity contribution in [2.24, 2.45) is 13.0 Å². The van der Waals surface area contributed by atoms with Crippen LogP contribution < -0.4 is 5.69 Å². The molecule has 5 rings (SSSR count). The molecule has 1 N–H and O–H groups in total. The lowest BCUT2D eigenvalue weighted by Gasteiger charge is -2.07. The molecule has 1 saturated carbocycles. The van der Waals surface area contributed by atoms with Gasteiger partial charge in [-0.05, 0) is 63.5 Å². The normalized spacial score (nSPS) is 14.0. The van der Waals surface area contributed by atoms with E-state index in [-0.39, 0.29) is 11.6 Å². The Morgan fingerprint density at radius 2 is 1.93 bits per heavy atom. The van der Waals surface area contributed by atoms with Crippen molar-refractivity contribution < 1.29 is 5.11 Å². The molecule has 0 bridgehead atoms. The summed E-state index contributed by atoms with van der Waals surface area (Å²) in [5.74, 6) is 0.684. The van der Waals surface area contributed by atoms with Crippen molar-refractivity contribution in [2.45, 2.75) is 25.9 Å². The number of halogens is 1. The molecule has 0 unspecified atom stereocenters. The van der Waals surface area contributed by atoms with Crippen LogP contribution in [0.3, 0.4) is 0 Å². The molecule has 8 heteroatoms. The van der Waals surface area contributed by atoms with E-state index in [1.54, 1.807) is 7.05 Å². The van der Waals surface area contributed by atoms with Gasteiger partial charge in [0.2, 0.25) is 5.88 Å². The Labute approximate surface area is 175 Å². The monoisotopic (exact) mass is 453 g/mol. The third-order valence-corrected chi connectivity index (χ3v) is 6.09. The average Bonchev–Trinajstić information content (AvgIpc) is 3.39. The summed E-state index contributed by atoms with van der Waals surface area (Å²) in [4.78, 5) is 12.1. The van der Waals surface area contributed by atoms with E-state index in [2.05, 4.69) is 38.4 Å². The Morgan fingerprint density at radius 3 is 2.59 bits per heavy atom. The summed E-state index contributed by atoms with van der Waals surface area (Å²) in [5.41, 5.74) is 4.84. The van der Waals surface area contributed by atoms with Crippen molar-refractivity contribution in [3.05, 3.63) is 63.1 Å². The van der Waals surface area contributed by atoms with Gasteiger partial charge in [-0.1, -0.05) is 29.5 Å². The fourth-order valence-corrected chi connectivity index (χ4v) is 4.09. The summed E-state index contributed by atoms with van der Waals surface area (Å²) < 4.78 is 5.65. The molecule has 7 nitrogen and oxygen atoms in total.